The maximum Gasteiger partial charge on any atom is 0.133 e. The predicted octanol–water partition coefficient (Wildman–Crippen LogP) is 1.97. The maximum absolute atomic E-state index is 5.55. The van der Waals surface area contributed by atoms with Crippen LogP contribution in [0.2, 0.25) is 0 Å². The zero-order valence-electron chi connectivity index (χ0n) is 12.8. The van der Waals surface area contributed by atoms with E-state index in [1.807, 2.05) is 18.0 Å². The number of rotatable bonds is 7. The van der Waals surface area contributed by atoms with E-state index in [1.165, 1.54) is 0 Å². The van der Waals surface area contributed by atoms with E-state index in [1.54, 1.807) is 6.33 Å². The molecule has 0 fully saturated rings. The van der Waals surface area contributed by atoms with E-state index >= 15 is 0 Å². The van der Waals surface area contributed by atoms with Gasteiger partial charge in [0.1, 0.15) is 18.0 Å². The van der Waals surface area contributed by atoms with Crippen LogP contribution in [-0.4, -0.2) is 36.6 Å². The molecule has 0 radical (unpaired) electrons. The fourth-order valence-corrected chi connectivity index (χ4v) is 1.48. The normalized spacial score (nSPS) is 11.7. The molecule has 108 valence electrons. The van der Waals surface area contributed by atoms with Crippen LogP contribution in [0, 0.1) is 11.3 Å². The van der Waals surface area contributed by atoms with Gasteiger partial charge >= 0.3 is 0 Å². The predicted molar refractivity (Wildman–Crippen MR) is 81.5 cm³/mol. The van der Waals surface area contributed by atoms with Crippen LogP contribution in [0.15, 0.2) is 12.4 Å². The third-order valence-corrected chi connectivity index (χ3v) is 3.80. The first-order chi connectivity index (χ1) is 8.86. The molecule has 5 nitrogen and oxygen atoms in total. The van der Waals surface area contributed by atoms with Gasteiger partial charge in [-0.2, -0.15) is 0 Å². The Balaban J connectivity index is 2.67. The van der Waals surface area contributed by atoms with Crippen molar-refractivity contribution in [1.29, 1.82) is 0 Å². The van der Waals surface area contributed by atoms with Gasteiger partial charge in [0.2, 0.25) is 0 Å². The first-order valence-electron chi connectivity index (χ1n) is 6.84. The minimum absolute atomic E-state index is 0.230. The number of hydrogen-bond donors (Lipinski definition) is 2. The van der Waals surface area contributed by atoms with E-state index < -0.39 is 0 Å². The van der Waals surface area contributed by atoms with Crippen molar-refractivity contribution in [2.45, 2.75) is 27.7 Å². The lowest BCUT2D eigenvalue weighted by molar-refractivity contribution is 0.269. The summed E-state index contributed by atoms with van der Waals surface area (Å²) in [5.74, 6) is 2.37. The molecular formula is C14H27N5. The lowest BCUT2D eigenvalue weighted by Crippen LogP contribution is -2.29. The van der Waals surface area contributed by atoms with Crippen molar-refractivity contribution in [2.75, 3.05) is 36.9 Å². The molecule has 3 N–H and O–H groups in total. The summed E-state index contributed by atoms with van der Waals surface area (Å²) in [6, 6.07) is 1.96. The van der Waals surface area contributed by atoms with Crippen LogP contribution in [0.1, 0.15) is 27.7 Å². The second-order valence-electron chi connectivity index (χ2n) is 5.97. The number of nitrogens with one attached hydrogen (secondary N) is 1. The quantitative estimate of drug-likeness (QED) is 0.789. The Morgan fingerprint density at radius 1 is 1.37 bits per heavy atom. The van der Waals surface area contributed by atoms with E-state index in [0.29, 0.717) is 12.5 Å². The Kier molecular flexibility index (Phi) is 5.54. The van der Waals surface area contributed by atoms with Gasteiger partial charge in [-0.15, -0.1) is 0 Å². The standard InChI is InChI=1S/C14H27N5/c1-11(2)14(3,4)9-16-12-8-13(18-10-17-12)19(5)7-6-15/h8,10-11H,6-7,9,15H2,1-5H3,(H,16,17,18). The van der Waals surface area contributed by atoms with Crippen LogP contribution in [0.5, 0.6) is 0 Å². The summed E-state index contributed by atoms with van der Waals surface area (Å²) in [4.78, 5) is 10.5. The molecule has 0 bridgehead atoms. The first kappa shape index (κ1) is 15.7. The third kappa shape index (κ3) is 4.67. The number of aromatic nitrogens is 2. The van der Waals surface area contributed by atoms with Crippen LogP contribution < -0.4 is 16.0 Å². The molecule has 0 amide bonds. The van der Waals surface area contributed by atoms with Crippen LogP contribution in [-0.2, 0) is 0 Å². The van der Waals surface area contributed by atoms with Crippen LogP contribution in [0.4, 0.5) is 11.6 Å². The molecule has 0 atom stereocenters. The lowest BCUT2D eigenvalue weighted by atomic mass is 9.81. The molecule has 1 aromatic rings. The maximum atomic E-state index is 5.55. The number of nitrogens with zero attached hydrogens (tertiary/aromatic N) is 3. The molecule has 19 heavy (non-hydrogen) atoms. The van der Waals surface area contributed by atoms with Crippen molar-refractivity contribution in [3.8, 4) is 0 Å². The number of nitrogens with two attached hydrogens (primary N) is 1. The largest absolute Gasteiger partial charge is 0.369 e. The highest BCUT2D eigenvalue weighted by molar-refractivity contribution is 5.47. The van der Waals surface area contributed by atoms with Crippen molar-refractivity contribution in [3.05, 3.63) is 12.4 Å². The Morgan fingerprint density at radius 3 is 2.63 bits per heavy atom. The third-order valence-electron chi connectivity index (χ3n) is 3.80. The van der Waals surface area contributed by atoms with Gasteiger partial charge in [0.25, 0.3) is 0 Å². The Morgan fingerprint density at radius 2 is 2.05 bits per heavy atom. The summed E-state index contributed by atoms with van der Waals surface area (Å²) in [5.41, 5.74) is 5.78. The zero-order valence-corrected chi connectivity index (χ0v) is 12.8. The van der Waals surface area contributed by atoms with Gasteiger partial charge in [-0.25, -0.2) is 9.97 Å². The van der Waals surface area contributed by atoms with E-state index in [9.17, 15) is 0 Å². The van der Waals surface area contributed by atoms with E-state index in [-0.39, 0.29) is 5.41 Å². The number of likely N-dealkylation sites (N-methyl/N-ethyl adjacent to an activating group) is 1. The van der Waals surface area contributed by atoms with Gasteiger partial charge in [-0.1, -0.05) is 27.7 Å². The molecule has 0 aromatic carbocycles. The second kappa shape index (κ2) is 6.70. The molecule has 0 aliphatic heterocycles. The average Bonchev–Trinajstić information content (AvgIpc) is 2.37. The van der Waals surface area contributed by atoms with Crippen molar-refractivity contribution >= 4 is 11.6 Å². The first-order valence-corrected chi connectivity index (χ1v) is 6.84. The fraction of sp³-hybridized carbons (Fsp3) is 0.714. The van der Waals surface area contributed by atoms with Gasteiger partial charge in [0.15, 0.2) is 0 Å². The summed E-state index contributed by atoms with van der Waals surface area (Å²) in [5, 5.41) is 3.39. The van der Waals surface area contributed by atoms with E-state index in [4.69, 9.17) is 5.73 Å². The summed E-state index contributed by atoms with van der Waals surface area (Å²) in [6.45, 7) is 11.3. The molecule has 1 heterocycles. The smallest absolute Gasteiger partial charge is 0.133 e. The lowest BCUT2D eigenvalue weighted by Gasteiger charge is -2.29. The van der Waals surface area contributed by atoms with Gasteiger partial charge in [-0.3, -0.25) is 0 Å². The molecule has 5 heteroatoms. The Bertz CT molecular complexity index is 389. The SMILES string of the molecule is CC(C)C(C)(C)CNc1cc(N(C)CCN)ncn1. The second-order valence-corrected chi connectivity index (χ2v) is 5.97. The summed E-state index contributed by atoms with van der Waals surface area (Å²) >= 11 is 0. The molecule has 0 spiro atoms. The minimum Gasteiger partial charge on any atom is -0.369 e. The minimum atomic E-state index is 0.230. The number of anilines is 2. The summed E-state index contributed by atoms with van der Waals surface area (Å²) in [7, 11) is 1.98. The molecule has 0 aliphatic carbocycles. The van der Waals surface area contributed by atoms with Gasteiger partial charge in [0, 0.05) is 32.7 Å². The van der Waals surface area contributed by atoms with Crippen molar-refractivity contribution in [3.63, 3.8) is 0 Å². The monoisotopic (exact) mass is 265 g/mol. The Labute approximate surface area is 116 Å². The van der Waals surface area contributed by atoms with Gasteiger partial charge in [-0.05, 0) is 11.3 Å². The van der Waals surface area contributed by atoms with Crippen LogP contribution in [0.3, 0.4) is 0 Å². The van der Waals surface area contributed by atoms with Gasteiger partial charge < -0.3 is 16.0 Å². The topological polar surface area (TPSA) is 67.1 Å². The van der Waals surface area contributed by atoms with Crippen molar-refractivity contribution in [2.24, 2.45) is 17.1 Å². The Hall–Kier alpha value is -1.36. The average molecular weight is 265 g/mol. The van der Waals surface area contributed by atoms with E-state index in [2.05, 4.69) is 43.0 Å². The highest BCUT2D eigenvalue weighted by Crippen LogP contribution is 2.26. The van der Waals surface area contributed by atoms with E-state index in [0.717, 1.165) is 24.7 Å². The number of hydrogen-bond acceptors (Lipinski definition) is 5. The highest BCUT2D eigenvalue weighted by Gasteiger charge is 2.22. The van der Waals surface area contributed by atoms with Gasteiger partial charge in [0.05, 0.1) is 0 Å². The molecule has 0 saturated carbocycles. The molecule has 1 rings (SSSR count). The van der Waals surface area contributed by atoms with Crippen LogP contribution in [0.25, 0.3) is 0 Å². The molecular weight excluding hydrogens is 238 g/mol. The molecule has 1 aromatic heterocycles. The molecule has 0 aliphatic rings. The zero-order chi connectivity index (χ0) is 14.5. The van der Waals surface area contributed by atoms with Crippen molar-refractivity contribution in [1.82, 2.24) is 9.97 Å². The highest BCUT2D eigenvalue weighted by atomic mass is 15.2. The molecule has 0 unspecified atom stereocenters. The van der Waals surface area contributed by atoms with Crippen molar-refractivity contribution < 1.29 is 0 Å². The fourth-order valence-electron chi connectivity index (χ4n) is 1.48. The molecule has 0 saturated heterocycles. The summed E-state index contributed by atoms with van der Waals surface area (Å²) in [6.07, 6.45) is 1.59. The van der Waals surface area contributed by atoms with Crippen LogP contribution >= 0.6 is 0 Å². The summed E-state index contributed by atoms with van der Waals surface area (Å²) < 4.78 is 0.